The highest BCUT2D eigenvalue weighted by Crippen LogP contribution is 2.32. The van der Waals surface area contributed by atoms with Gasteiger partial charge in [0.05, 0.1) is 22.6 Å². The van der Waals surface area contributed by atoms with Gasteiger partial charge in [-0.1, -0.05) is 6.07 Å². The Bertz CT molecular complexity index is 1290. The van der Waals surface area contributed by atoms with Gasteiger partial charge in [0, 0.05) is 32.9 Å². The van der Waals surface area contributed by atoms with Crippen LogP contribution in [0.2, 0.25) is 0 Å². The highest BCUT2D eigenvalue weighted by Gasteiger charge is 2.37. The van der Waals surface area contributed by atoms with Gasteiger partial charge in [-0.2, -0.15) is 18.3 Å². The molecule has 0 aliphatic heterocycles. The molecule has 8 nitrogen and oxygen atoms in total. The molecule has 0 fully saturated rings. The molecule has 0 aromatic carbocycles. The summed E-state index contributed by atoms with van der Waals surface area (Å²) in [6, 6.07) is 7.03. The number of nitrogens with one attached hydrogen (secondary N) is 1. The van der Waals surface area contributed by atoms with E-state index in [1.165, 1.54) is 20.0 Å². The molecule has 0 unspecified atom stereocenters. The molecule has 166 valence electrons. The van der Waals surface area contributed by atoms with E-state index in [1.54, 1.807) is 6.20 Å². The summed E-state index contributed by atoms with van der Waals surface area (Å²) in [5.74, 6) is 0.221. The van der Waals surface area contributed by atoms with Crippen LogP contribution in [0.1, 0.15) is 33.3 Å². The third-order valence-corrected chi connectivity index (χ3v) is 5.10. The van der Waals surface area contributed by atoms with Gasteiger partial charge in [0.2, 0.25) is 0 Å². The van der Waals surface area contributed by atoms with Crippen molar-refractivity contribution in [3.63, 3.8) is 0 Å². The molecule has 0 bridgehead atoms. The number of hydrogen-bond acceptors (Lipinski definition) is 5. The molecular formula is C21H20F3N7O. The number of pyridine rings is 1. The second-order valence-corrected chi connectivity index (χ2v) is 7.28. The van der Waals surface area contributed by atoms with Gasteiger partial charge in [-0.05, 0) is 31.5 Å². The zero-order valence-electron chi connectivity index (χ0n) is 17.6. The standard InChI is InChI=1S/C21H20F3N7O/c1-12-18(21(22,23)24)28-19-14(20(32)25-2)10-13(29-31(12)19)7-8-17-27-16(11-30(17)3)15-6-4-5-9-26-15/h4-6,9-11H,7-8H2,1-3H3,(H,25,32). The number of hydrogen-bond donors (Lipinski definition) is 1. The number of fused-ring (bicyclic) bond motifs is 1. The molecule has 1 N–H and O–H groups in total. The summed E-state index contributed by atoms with van der Waals surface area (Å²) in [4.78, 5) is 24.9. The molecule has 11 heteroatoms. The van der Waals surface area contributed by atoms with E-state index in [0.29, 0.717) is 18.5 Å². The highest BCUT2D eigenvalue weighted by molar-refractivity contribution is 5.99. The molecular weight excluding hydrogens is 423 g/mol. The molecule has 32 heavy (non-hydrogen) atoms. The summed E-state index contributed by atoms with van der Waals surface area (Å²) in [6.45, 7) is 1.28. The first-order valence-corrected chi connectivity index (χ1v) is 9.81. The molecule has 4 heterocycles. The van der Waals surface area contributed by atoms with Crippen molar-refractivity contribution in [2.24, 2.45) is 7.05 Å². The molecule has 0 spiro atoms. The average Bonchev–Trinajstić information content (AvgIpc) is 3.31. The Morgan fingerprint density at radius 2 is 1.94 bits per heavy atom. The molecule has 4 aromatic rings. The minimum atomic E-state index is -4.65. The van der Waals surface area contributed by atoms with Crippen molar-refractivity contribution in [3.05, 3.63) is 65.1 Å². The number of aryl methyl sites for hydroxylation is 4. The third-order valence-electron chi connectivity index (χ3n) is 5.10. The fourth-order valence-corrected chi connectivity index (χ4v) is 3.49. The Hall–Kier alpha value is -3.76. The van der Waals surface area contributed by atoms with Crippen LogP contribution in [-0.4, -0.2) is 42.1 Å². The van der Waals surface area contributed by atoms with Crippen molar-refractivity contribution in [1.29, 1.82) is 0 Å². The minimum absolute atomic E-state index is 0.0325. The zero-order chi connectivity index (χ0) is 23.0. The smallest absolute Gasteiger partial charge is 0.355 e. The quantitative estimate of drug-likeness (QED) is 0.512. The van der Waals surface area contributed by atoms with Gasteiger partial charge in [-0.15, -0.1) is 0 Å². The minimum Gasteiger partial charge on any atom is -0.355 e. The lowest BCUT2D eigenvalue weighted by molar-refractivity contribution is -0.141. The van der Waals surface area contributed by atoms with Crippen molar-refractivity contribution in [1.82, 2.24) is 34.4 Å². The fraction of sp³-hybridized carbons (Fsp3) is 0.286. The Labute approximate surface area is 181 Å². The van der Waals surface area contributed by atoms with Crippen LogP contribution in [0.3, 0.4) is 0 Å². The van der Waals surface area contributed by atoms with E-state index in [-0.39, 0.29) is 16.9 Å². The summed E-state index contributed by atoms with van der Waals surface area (Å²) in [5.41, 5.74) is 0.581. The van der Waals surface area contributed by atoms with Gasteiger partial charge in [-0.3, -0.25) is 9.78 Å². The number of halogens is 3. The maximum Gasteiger partial charge on any atom is 0.435 e. The Morgan fingerprint density at radius 3 is 2.59 bits per heavy atom. The van der Waals surface area contributed by atoms with Crippen LogP contribution in [0.4, 0.5) is 13.2 Å². The Kier molecular flexibility index (Phi) is 5.41. The molecule has 0 radical (unpaired) electrons. The first-order valence-electron chi connectivity index (χ1n) is 9.81. The lowest BCUT2D eigenvalue weighted by Gasteiger charge is -2.07. The molecule has 0 aliphatic carbocycles. The van der Waals surface area contributed by atoms with Gasteiger partial charge >= 0.3 is 6.18 Å². The molecule has 0 aliphatic rings. The van der Waals surface area contributed by atoms with E-state index < -0.39 is 17.8 Å². The van der Waals surface area contributed by atoms with Crippen LogP contribution in [0.25, 0.3) is 17.0 Å². The lowest BCUT2D eigenvalue weighted by Crippen LogP contribution is -2.20. The molecule has 4 aromatic heterocycles. The number of carbonyl (C=O) groups excluding carboxylic acids is 1. The Morgan fingerprint density at radius 1 is 1.16 bits per heavy atom. The normalized spacial score (nSPS) is 11.8. The first-order chi connectivity index (χ1) is 15.2. The second kappa shape index (κ2) is 8.06. The molecule has 1 amide bonds. The van der Waals surface area contributed by atoms with Crippen molar-refractivity contribution in [2.75, 3.05) is 7.05 Å². The topological polar surface area (TPSA) is 90.0 Å². The van der Waals surface area contributed by atoms with Crippen molar-refractivity contribution >= 4 is 11.6 Å². The van der Waals surface area contributed by atoms with Gasteiger partial charge in [0.1, 0.15) is 11.5 Å². The van der Waals surface area contributed by atoms with Crippen LogP contribution < -0.4 is 5.32 Å². The van der Waals surface area contributed by atoms with E-state index in [2.05, 4.69) is 25.4 Å². The number of rotatable bonds is 5. The largest absolute Gasteiger partial charge is 0.435 e. The first kappa shape index (κ1) is 21.5. The van der Waals surface area contributed by atoms with Crippen LogP contribution in [-0.2, 0) is 26.1 Å². The summed E-state index contributed by atoms with van der Waals surface area (Å²) in [6.07, 6.45) is -0.265. The van der Waals surface area contributed by atoms with E-state index >= 15 is 0 Å². The SMILES string of the molecule is CNC(=O)c1cc(CCc2nc(-c3ccccn3)cn2C)nn2c(C)c(C(F)(F)F)nc12. The second-order valence-electron chi connectivity index (χ2n) is 7.28. The lowest BCUT2D eigenvalue weighted by atomic mass is 10.1. The molecule has 0 saturated heterocycles. The van der Waals surface area contributed by atoms with Crippen molar-refractivity contribution in [3.8, 4) is 11.4 Å². The fourth-order valence-electron chi connectivity index (χ4n) is 3.49. The molecule has 0 saturated carbocycles. The number of amides is 1. The number of alkyl halides is 3. The predicted molar refractivity (Wildman–Crippen MR) is 110 cm³/mol. The number of carbonyl (C=O) groups is 1. The number of aromatic nitrogens is 6. The van der Waals surface area contributed by atoms with Crippen molar-refractivity contribution in [2.45, 2.75) is 25.9 Å². The van der Waals surface area contributed by atoms with E-state index in [0.717, 1.165) is 21.7 Å². The number of imidazole rings is 2. The van der Waals surface area contributed by atoms with Gasteiger partial charge in [-0.25, -0.2) is 14.5 Å². The summed E-state index contributed by atoms with van der Waals surface area (Å²) < 4.78 is 43.0. The van der Waals surface area contributed by atoms with Crippen LogP contribution >= 0.6 is 0 Å². The maximum absolute atomic E-state index is 13.3. The molecule has 4 rings (SSSR count). The maximum atomic E-state index is 13.3. The van der Waals surface area contributed by atoms with Gasteiger partial charge < -0.3 is 9.88 Å². The third kappa shape index (κ3) is 3.93. The predicted octanol–water partition coefficient (Wildman–Crippen LogP) is 3.00. The van der Waals surface area contributed by atoms with E-state index in [9.17, 15) is 18.0 Å². The molecule has 0 atom stereocenters. The van der Waals surface area contributed by atoms with Gasteiger partial charge in [0.15, 0.2) is 11.3 Å². The Balaban J connectivity index is 1.69. The monoisotopic (exact) mass is 443 g/mol. The summed E-state index contributed by atoms with van der Waals surface area (Å²) >= 11 is 0. The zero-order valence-corrected chi connectivity index (χ0v) is 17.6. The van der Waals surface area contributed by atoms with Crippen molar-refractivity contribution < 1.29 is 18.0 Å². The highest BCUT2D eigenvalue weighted by atomic mass is 19.4. The average molecular weight is 443 g/mol. The number of nitrogens with zero attached hydrogens (tertiary/aromatic N) is 6. The van der Waals surface area contributed by atoms with Crippen LogP contribution in [0.5, 0.6) is 0 Å². The van der Waals surface area contributed by atoms with Crippen LogP contribution in [0.15, 0.2) is 36.7 Å². The van der Waals surface area contributed by atoms with Gasteiger partial charge in [0.25, 0.3) is 5.91 Å². The summed E-state index contributed by atoms with van der Waals surface area (Å²) in [5, 5.41) is 6.77. The van der Waals surface area contributed by atoms with E-state index in [4.69, 9.17) is 0 Å². The van der Waals surface area contributed by atoms with Crippen LogP contribution in [0, 0.1) is 6.92 Å². The summed E-state index contributed by atoms with van der Waals surface area (Å²) in [7, 11) is 3.27. The van der Waals surface area contributed by atoms with E-state index in [1.807, 2.05) is 36.0 Å².